The number of carboxylic acid groups (broad SMARTS) is 1. The van der Waals surface area contributed by atoms with Crippen LogP contribution in [0.25, 0.3) is 0 Å². The maximum atomic E-state index is 10.8. The zero-order valence-corrected chi connectivity index (χ0v) is 19.6. The Morgan fingerprint density at radius 1 is 0.750 bits per heavy atom. The number of nitrogens with one attached hydrogen (secondary N) is 1. The second-order valence-corrected chi connectivity index (χ2v) is 15.0. The number of rotatable bonds is 17. The number of carboxylic acids is 1. The summed E-state index contributed by atoms with van der Waals surface area (Å²) in [5.74, 6) is -0.871. The number of benzene rings is 1. The molecule has 0 saturated heterocycles. The van der Waals surface area contributed by atoms with E-state index in [1.165, 1.54) is 83.1 Å². The van der Waals surface area contributed by atoms with Crippen LogP contribution in [0.1, 0.15) is 87.4 Å². The highest BCUT2D eigenvalue weighted by molar-refractivity contribution is 6.76. The predicted molar refractivity (Wildman–Crippen MR) is 125 cm³/mol. The Labute approximate surface area is 174 Å². The van der Waals surface area contributed by atoms with Gasteiger partial charge in [-0.05, 0) is 30.7 Å². The van der Waals surface area contributed by atoms with Crippen molar-refractivity contribution in [1.29, 1.82) is 0 Å². The Morgan fingerprint density at radius 3 is 1.61 bits per heavy atom. The molecule has 0 fully saturated rings. The van der Waals surface area contributed by atoms with Gasteiger partial charge < -0.3 is 10.4 Å². The lowest BCUT2D eigenvalue weighted by Crippen LogP contribution is -2.18. The van der Waals surface area contributed by atoms with Crippen LogP contribution in [0.3, 0.4) is 0 Å². The molecule has 0 spiro atoms. The summed E-state index contributed by atoms with van der Waals surface area (Å²) in [6, 6.07) is 8.49. The first-order valence-electron chi connectivity index (χ1n) is 11.5. The first-order chi connectivity index (χ1) is 13.4. The van der Waals surface area contributed by atoms with Gasteiger partial charge in [-0.25, -0.2) is 4.79 Å². The average molecular weight is 406 g/mol. The standard InChI is InChI=1S/C24H43NO2Si/c1-28(2,3)21-15-13-11-9-7-5-4-6-8-10-12-14-20-25-23-18-16-22(17-19-23)24(26)27/h16-19,25H,4-15,20-21H2,1-3H3,(H,26,27). The van der Waals surface area contributed by atoms with E-state index in [0.717, 1.165) is 12.2 Å². The van der Waals surface area contributed by atoms with Gasteiger partial charge in [-0.2, -0.15) is 0 Å². The van der Waals surface area contributed by atoms with Gasteiger partial charge in [0.05, 0.1) is 5.56 Å². The van der Waals surface area contributed by atoms with Gasteiger partial charge in [0.25, 0.3) is 0 Å². The highest BCUT2D eigenvalue weighted by atomic mass is 28.3. The van der Waals surface area contributed by atoms with Crippen LogP contribution in [0.4, 0.5) is 5.69 Å². The van der Waals surface area contributed by atoms with Crippen molar-refractivity contribution in [2.75, 3.05) is 11.9 Å². The minimum Gasteiger partial charge on any atom is -0.478 e. The van der Waals surface area contributed by atoms with Crippen LogP contribution in [0, 0.1) is 0 Å². The number of carbonyl (C=O) groups is 1. The number of hydrogen-bond acceptors (Lipinski definition) is 2. The Hall–Kier alpha value is -1.29. The fourth-order valence-corrected chi connectivity index (χ4v) is 4.82. The van der Waals surface area contributed by atoms with Gasteiger partial charge >= 0.3 is 5.97 Å². The Balaban J connectivity index is 1.82. The summed E-state index contributed by atoms with van der Waals surface area (Å²) < 4.78 is 0. The van der Waals surface area contributed by atoms with Crippen LogP contribution in [-0.2, 0) is 0 Å². The maximum absolute atomic E-state index is 10.8. The Bertz CT molecular complexity index is 522. The van der Waals surface area contributed by atoms with Crippen LogP contribution < -0.4 is 5.32 Å². The molecule has 0 atom stereocenters. The van der Waals surface area contributed by atoms with E-state index in [0.29, 0.717) is 5.56 Å². The molecule has 160 valence electrons. The summed E-state index contributed by atoms with van der Waals surface area (Å²) in [5, 5.41) is 12.3. The van der Waals surface area contributed by atoms with E-state index < -0.39 is 14.0 Å². The lowest BCUT2D eigenvalue weighted by atomic mass is 10.1. The second-order valence-electron chi connectivity index (χ2n) is 9.36. The molecule has 2 N–H and O–H groups in total. The van der Waals surface area contributed by atoms with Gasteiger partial charge in [0, 0.05) is 20.3 Å². The van der Waals surface area contributed by atoms with Crippen molar-refractivity contribution in [3.05, 3.63) is 29.8 Å². The molecule has 0 aliphatic rings. The van der Waals surface area contributed by atoms with E-state index in [-0.39, 0.29) is 0 Å². The van der Waals surface area contributed by atoms with Crippen molar-refractivity contribution in [1.82, 2.24) is 0 Å². The Morgan fingerprint density at radius 2 is 1.18 bits per heavy atom. The third kappa shape index (κ3) is 13.8. The van der Waals surface area contributed by atoms with E-state index in [1.807, 2.05) is 12.1 Å². The normalized spacial score (nSPS) is 11.5. The summed E-state index contributed by atoms with van der Waals surface area (Å²) in [7, 11) is -0.807. The van der Waals surface area contributed by atoms with Crippen molar-refractivity contribution in [2.45, 2.75) is 103 Å². The average Bonchev–Trinajstić information content (AvgIpc) is 2.64. The van der Waals surface area contributed by atoms with Gasteiger partial charge in [0.2, 0.25) is 0 Å². The zero-order chi connectivity index (χ0) is 20.7. The molecule has 28 heavy (non-hydrogen) atoms. The van der Waals surface area contributed by atoms with Gasteiger partial charge in [0.1, 0.15) is 0 Å². The molecule has 3 nitrogen and oxygen atoms in total. The summed E-state index contributed by atoms with van der Waals surface area (Å²) >= 11 is 0. The van der Waals surface area contributed by atoms with Crippen molar-refractivity contribution >= 4 is 19.7 Å². The third-order valence-corrected chi connectivity index (χ3v) is 7.17. The van der Waals surface area contributed by atoms with E-state index in [9.17, 15) is 4.79 Å². The van der Waals surface area contributed by atoms with Gasteiger partial charge in [-0.15, -0.1) is 0 Å². The van der Waals surface area contributed by atoms with Crippen molar-refractivity contribution in [3.8, 4) is 0 Å². The van der Waals surface area contributed by atoms with Gasteiger partial charge in [-0.3, -0.25) is 0 Å². The molecule has 0 aromatic heterocycles. The number of hydrogen-bond donors (Lipinski definition) is 2. The third-order valence-electron chi connectivity index (χ3n) is 5.31. The lowest BCUT2D eigenvalue weighted by Gasteiger charge is -2.14. The topological polar surface area (TPSA) is 49.3 Å². The molecule has 0 saturated carbocycles. The molecule has 1 rings (SSSR count). The van der Waals surface area contributed by atoms with E-state index in [2.05, 4.69) is 25.0 Å². The molecule has 1 aromatic rings. The molecule has 0 aliphatic heterocycles. The van der Waals surface area contributed by atoms with Crippen LogP contribution in [-0.4, -0.2) is 25.7 Å². The zero-order valence-electron chi connectivity index (χ0n) is 18.6. The fraction of sp³-hybridized carbons (Fsp3) is 0.708. The van der Waals surface area contributed by atoms with E-state index >= 15 is 0 Å². The maximum Gasteiger partial charge on any atom is 0.335 e. The van der Waals surface area contributed by atoms with Crippen molar-refractivity contribution in [2.24, 2.45) is 0 Å². The molecule has 0 unspecified atom stereocenters. The van der Waals surface area contributed by atoms with E-state index in [1.54, 1.807) is 12.1 Å². The number of unbranched alkanes of at least 4 members (excludes halogenated alkanes) is 11. The molecule has 0 heterocycles. The summed E-state index contributed by atoms with van der Waals surface area (Å²) in [6.45, 7) is 8.39. The Kier molecular flexibility index (Phi) is 13.0. The quantitative estimate of drug-likeness (QED) is 0.205. The second kappa shape index (κ2) is 14.7. The molecule has 4 heteroatoms. The molecular formula is C24H43NO2Si. The summed E-state index contributed by atoms with van der Waals surface area (Å²) in [6.07, 6.45) is 16.6. The fourth-order valence-electron chi connectivity index (χ4n) is 3.51. The highest BCUT2D eigenvalue weighted by Crippen LogP contribution is 2.16. The lowest BCUT2D eigenvalue weighted by molar-refractivity contribution is 0.0697. The summed E-state index contributed by atoms with van der Waals surface area (Å²) in [4.78, 5) is 10.8. The minimum atomic E-state index is -0.871. The number of anilines is 1. The monoisotopic (exact) mass is 405 g/mol. The SMILES string of the molecule is C[Si](C)(C)CCCCCCCCCCCCCCNc1ccc(C(=O)O)cc1. The number of aromatic carboxylic acids is 1. The van der Waals surface area contributed by atoms with Crippen LogP contribution in [0.15, 0.2) is 24.3 Å². The smallest absolute Gasteiger partial charge is 0.335 e. The van der Waals surface area contributed by atoms with Crippen LogP contribution >= 0.6 is 0 Å². The van der Waals surface area contributed by atoms with Crippen molar-refractivity contribution in [3.63, 3.8) is 0 Å². The largest absolute Gasteiger partial charge is 0.478 e. The van der Waals surface area contributed by atoms with Gasteiger partial charge in [-0.1, -0.05) is 96.3 Å². The minimum absolute atomic E-state index is 0.340. The molecule has 0 amide bonds. The van der Waals surface area contributed by atoms with Crippen molar-refractivity contribution < 1.29 is 9.90 Å². The van der Waals surface area contributed by atoms with Gasteiger partial charge in [0.15, 0.2) is 0 Å². The summed E-state index contributed by atoms with van der Waals surface area (Å²) in [5.41, 5.74) is 1.35. The first kappa shape index (κ1) is 24.7. The van der Waals surface area contributed by atoms with E-state index in [4.69, 9.17) is 5.11 Å². The van der Waals surface area contributed by atoms with Crippen LogP contribution in [0.2, 0.25) is 25.7 Å². The molecular weight excluding hydrogens is 362 g/mol. The molecule has 0 radical (unpaired) electrons. The molecule has 0 bridgehead atoms. The first-order valence-corrected chi connectivity index (χ1v) is 15.2. The molecule has 1 aromatic carbocycles. The molecule has 0 aliphatic carbocycles. The van der Waals surface area contributed by atoms with Crippen LogP contribution in [0.5, 0.6) is 0 Å². The predicted octanol–water partition coefficient (Wildman–Crippen LogP) is 7.82. The highest BCUT2D eigenvalue weighted by Gasteiger charge is 2.11.